The van der Waals surface area contributed by atoms with Gasteiger partial charge in [-0.2, -0.15) is 0 Å². The fourth-order valence-electron chi connectivity index (χ4n) is 3.50. The second kappa shape index (κ2) is 11.0. The molecule has 2 N–H and O–H groups in total. The fraction of sp³-hybridized carbons (Fsp3) is 0.409. The van der Waals surface area contributed by atoms with E-state index in [-0.39, 0.29) is 11.9 Å². The highest BCUT2D eigenvalue weighted by Gasteiger charge is 2.23. The summed E-state index contributed by atoms with van der Waals surface area (Å²) in [6.07, 6.45) is 0.329. The predicted molar refractivity (Wildman–Crippen MR) is 111 cm³/mol. The SMILES string of the molecule is CN=C(NCCc1cc(F)ccc1F)NCC(c1ccc(F)cc1)N1CCOCC1. The maximum Gasteiger partial charge on any atom is 0.191 e. The van der Waals surface area contributed by atoms with Gasteiger partial charge in [0.2, 0.25) is 0 Å². The van der Waals surface area contributed by atoms with Crippen LogP contribution in [0.3, 0.4) is 0 Å². The quantitative estimate of drug-likeness (QED) is 0.534. The van der Waals surface area contributed by atoms with Gasteiger partial charge in [-0.1, -0.05) is 12.1 Å². The summed E-state index contributed by atoms with van der Waals surface area (Å²) in [5.74, 6) is -0.590. The molecule has 1 atom stereocenters. The number of nitrogens with one attached hydrogen (secondary N) is 2. The third-order valence-electron chi connectivity index (χ3n) is 5.12. The van der Waals surface area contributed by atoms with Crippen LogP contribution in [-0.4, -0.2) is 57.3 Å². The maximum absolute atomic E-state index is 13.8. The first-order valence-corrected chi connectivity index (χ1v) is 10.0. The normalized spacial score (nSPS) is 16.3. The number of hydrogen-bond donors (Lipinski definition) is 2. The van der Waals surface area contributed by atoms with Crippen LogP contribution >= 0.6 is 0 Å². The summed E-state index contributed by atoms with van der Waals surface area (Å²) >= 11 is 0. The zero-order chi connectivity index (χ0) is 21.3. The number of nitrogens with zero attached hydrogens (tertiary/aromatic N) is 2. The molecule has 8 heteroatoms. The Balaban J connectivity index is 1.58. The molecule has 0 spiro atoms. The number of morpholine rings is 1. The molecule has 1 aliphatic heterocycles. The van der Waals surface area contributed by atoms with Crippen molar-refractivity contribution in [3.63, 3.8) is 0 Å². The average molecular weight is 420 g/mol. The molecule has 30 heavy (non-hydrogen) atoms. The zero-order valence-corrected chi connectivity index (χ0v) is 17.0. The van der Waals surface area contributed by atoms with Gasteiger partial charge in [0.15, 0.2) is 5.96 Å². The van der Waals surface area contributed by atoms with Crippen molar-refractivity contribution in [2.24, 2.45) is 4.99 Å². The Morgan fingerprint density at radius 3 is 2.43 bits per heavy atom. The van der Waals surface area contributed by atoms with Crippen molar-refractivity contribution < 1.29 is 17.9 Å². The van der Waals surface area contributed by atoms with Gasteiger partial charge < -0.3 is 15.4 Å². The van der Waals surface area contributed by atoms with Crippen LogP contribution in [0.25, 0.3) is 0 Å². The van der Waals surface area contributed by atoms with E-state index < -0.39 is 11.6 Å². The highest BCUT2D eigenvalue weighted by Crippen LogP contribution is 2.21. The number of halogens is 3. The summed E-state index contributed by atoms with van der Waals surface area (Å²) < 4.78 is 45.9. The van der Waals surface area contributed by atoms with E-state index >= 15 is 0 Å². The number of hydrogen-bond acceptors (Lipinski definition) is 3. The number of aliphatic imine (C=N–C) groups is 1. The number of guanidine groups is 1. The van der Waals surface area contributed by atoms with Crippen molar-refractivity contribution in [3.05, 3.63) is 71.0 Å². The van der Waals surface area contributed by atoms with Crippen LogP contribution in [-0.2, 0) is 11.2 Å². The van der Waals surface area contributed by atoms with E-state index in [9.17, 15) is 13.2 Å². The Morgan fingerprint density at radius 2 is 1.73 bits per heavy atom. The lowest BCUT2D eigenvalue weighted by Crippen LogP contribution is -2.46. The molecule has 3 rings (SSSR count). The fourth-order valence-corrected chi connectivity index (χ4v) is 3.50. The van der Waals surface area contributed by atoms with Gasteiger partial charge in [0, 0.05) is 33.2 Å². The standard InChI is InChI=1S/C22H27F3N4O/c1-26-22(27-9-8-17-14-19(24)6-7-20(17)25)28-15-21(29-10-12-30-13-11-29)16-2-4-18(23)5-3-16/h2-7,14,21H,8-13,15H2,1H3,(H2,26,27,28). The highest BCUT2D eigenvalue weighted by molar-refractivity contribution is 5.79. The van der Waals surface area contributed by atoms with Crippen LogP contribution in [0.15, 0.2) is 47.5 Å². The van der Waals surface area contributed by atoms with Crippen molar-refractivity contribution in [3.8, 4) is 0 Å². The maximum atomic E-state index is 13.8. The molecule has 1 unspecified atom stereocenters. The van der Waals surface area contributed by atoms with E-state index in [0.717, 1.165) is 30.8 Å². The number of benzene rings is 2. The monoisotopic (exact) mass is 420 g/mol. The Hall–Kier alpha value is -2.58. The van der Waals surface area contributed by atoms with Crippen LogP contribution in [0.5, 0.6) is 0 Å². The molecule has 1 fully saturated rings. The van der Waals surface area contributed by atoms with E-state index in [2.05, 4.69) is 20.5 Å². The second-order valence-electron chi connectivity index (χ2n) is 7.08. The number of ether oxygens (including phenoxy) is 1. The lowest BCUT2D eigenvalue weighted by atomic mass is 10.0. The van der Waals surface area contributed by atoms with Crippen molar-refractivity contribution in [1.29, 1.82) is 0 Å². The lowest BCUT2D eigenvalue weighted by molar-refractivity contribution is 0.0170. The van der Waals surface area contributed by atoms with E-state index in [4.69, 9.17) is 4.74 Å². The molecule has 5 nitrogen and oxygen atoms in total. The summed E-state index contributed by atoms with van der Waals surface area (Å²) in [7, 11) is 1.65. The van der Waals surface area contributed by atoms with Gasteiger partial charge in [-0.3, -0.25) is 9.89 Å². The molecule has 0 aliphatic carbocycles. The smallest absolute Gasteiger partial charge is 0.191 e. The topological polar surface area (TPSA) is 48.9 Å². The Labute approximate surface area is 174 Å². The van der Waals surface area contributed by atoms with Crippen molar-refractivity contribution in [2.75, 3.05) is 46.4 Å². The molecular formula is C22H27F3N4O. The third kappa shape index (κ3) is 6.21. The molecule has 2 aromatic rings. The van der Waals surface area contributed by atoms with E-state index in [0.29, 0.717) is 44.2 Å². The van der Waals surface area contributed by atoms with Crippen LogP contribution in [0.2, 0.25) is 0 Å². The van der Waals surface area contributed by atoms with Crippen LogP contribution in [0.4, 0.5) is 13.2 Å². The Bertz CT molecular complexity index is 839. The van der Waals surface area contributed by atoms with Crippen LogP contribution < -0.4 is 10.6 Å². The Morgan fingerprint density at radius 1 is 1.03 bits per heavy atom. The molecule has 2 aromatic carbocycles. The van der Waals surface area contributed by atoms with Gasteiger partial charge in [-0.25, -0.2) is 13.2 Å². The van der Waals surface area contributed by atoms with Crippen LogP contribution in [0, 0.1) is 17.5 Å². The van der Waals surface area contributed by atoms with E-state index in [1.54, 1.807) is 19.2 Å². The minimum absolute atomic E-state index is 0.0220. The lowest BCUT2D eigenvalue weighted by Gasteiger charge is -2.35. The average Bonchev–Trinajstić information content (AvgIpc) is 2.77. The van der Waals surface area contributed by atoms with Gasteiger partial charge in [0.25, 0.3) is 0 Å². The molecule has 0 bridgehead atoms. The highest BCUT2D eigenvalue weighted by atomic mass is 19.1. The van der Waals surface area contributed by atoms with Crippen molar-refractivity contribution in [2.45, 2.75) is 12.5 Å². The van der Waals surface area contributed by atoms with Gasteiger partial charge in [-0.05, 0) is 47.9 Å². The predicted octanol–water partition coefficient (Wildman–Crippen LogP) is 2.88. The first-order valence-electron chi connectivity index (χ1n) is 10.0. The van der Waals surface area contributed by atoms with E-state index in [1.165, 1.54) is 18.2 Å². The second-order valence-corrected chi connectivity index (χ2v) is 7.08. The summed E-state index contributed by atoms with van der Waals surface area (Å²) in [6.45, 7) is 3.84. The molecule has 1 aliphatic rings. The molecule has 0 saturated carbocycles. The molecule has 162 valence electrons. The van der Waals surface area contributed by atoms with Gasteiger partial charge in [-0.15, -0.1) is 0 Å². The minimum Gasteiger partial charge on any atom is -0.379 e. The molecular weight excluding hydrogens is 393 g/mol. The van der Waals surface area contributed by atoms with Gasteiger partial charge in [0.1, 0.15) is 17.5 Å². The zero-order valence-electron chi connectivity index (χ0n) is 17.0. The molecule has 0 amide bonds. The van der Waals surface area contributed by atoms with Crippen molar-refractivity contribution >= 4 is 5.96 Å². The Kier molecular flexibility index (Phi) is 8.10. The summed E-state index contributed by atoms with van der Waals surface area (Å²) in [4.78, 5) is 6.50. The first kappa shape index (κ1) is 22.1. The summed E-state index contributed by atoms with van der Waals surface area (Å²) in [5.41, 5.74) is 1.32. The van der Waals surface area contributed by atoms with Gasteiger partial charge >= 0.3 is 0 Å². The number of rotatable bonds is 7. The molecule has 0 radical (unpaired) electrons. The summed E-state index contributed by atoms with van der Waals surface area (Å²) in [5, 5.41) is 6.42. The first-order chi connectivity index (χ1) is 14.6. The molecule has 0 aromatic heterocycles. The van der Waals surface area contributed by atoms with Gasteiger partial charge in [0.05, 0.1) is 19.3 Å². The molecule has 1 heterocycles. The summed E-state index contributed by atoms with van der Waals surface area (Å²) in [6, 6.07) is 9.97. The van der Waals surface area contributed by atoms with Crippen LogP contribution in [0.1, 0.15) is 17.2 Å². The largest absolute Gasteiger partial charge is 0.379 e. The minimum atomic E-state index is -0.457. The third-order valence-corrected chi connectivity index (χ3v) is 5.12. The van der Waals surface area contributed by atoms with E-state index in [1.807, 2.05) is 0 Å². The molecule has 1 saturated heterocycles. The van der Waals surface area contributed by atoms with Crippen molar-refractivity contribution in [1.82, 2.24) is 15.5 Å².